The number of nitriles is 1. The molecule has 1 aromatic carbocycles. The Balaban J connectivity index is 2.89. The van der Waals surface area contributed by atoms with Crippen LogP contribution < -0.4 is 5.73 Å². The second-order valence-corrected chi connectivity index (χ2v) is 4.06. The summed E-state index contributed by atoms with van der Waals surface area (Å²) in [5, 5.41) is 8.64. The van der Waals surface area contributed by atoms with Crippen LogP contribution in [0.2, 0.25) is 0 Å². The topological polar surface area (TPSA) is 70.1 Å². The summed E-state index contributed by atoms with van der Waals surface area (Å²) < 4.78 is 13.7. The highest BCUT2D eigenvalue weighted by atomic mass is 19.1. The molecule has 0 aromatic heterocycles. The second kappa shape index (κ2) is 6.12. The molecular weight excluding hydrogens is 233 g/mol. The molecule has 18 heavy (non-hydrogen) atoms. The van der Waals surface area contributed by atoms with Gasteiger partial charge in [-0.15, -0.1) is 0 Å². The first-order valence-corrected chi connectivity index (χ1v) is 5.72. The maximum absolute atomic E-state index is 13.7. The molecule has 0 spiro atoms. The maximum atomic E-state index is 13.7. The number of likely N-dealkylation sites (N-methyl/N-ethyl adjacent to an activating group) is 1. The van der Waals surface area contributed by atoms with Crippen molar-refractivity contribution in [3.63, 3.8) is 0 Å². The summed E-state index contributed by atoms with van der Waals surface area (Å²) >= 11 is 0. The van der Waals surface area contributed by atoms with E-state index in [-0.39, 0.29) is 18.0 Å². The molecule has 0 bridgehead atoms. The number of nitrogens with two attached hydrogens (primary N) is 1. The van der Waals surface area contributed by atoms with E-state index in [1.807, 2.05) is 13.0 Å². The van der Waals surface area contributed by atoms with E-state index in [9.17, 15) is 9.18 Å². The summed E-state index contributed by atoms with van der Waals surface area (Å²) in [6.07, 6.45) is 0. The zero-order chi connectivity index (χ0) is 13.7. The van der Waals surface area contributed by atoms with Crippen LogP contribution in [-0.4, -0.2) is 23.4 Å². The standard InChI is InChI=1S/C13H16FN3O/c1-3-17(13(18)9(2)16)8-11-5-4-10(7-15)6-12(11)14/h4-6,9H,3,8,16H2,1-2H3/t9-/m1/s1. The highest BCUT2D eigenvalue weighted by molar-refractivity contribution is 5.81. The second-order valence-electron chi connectivity index (χ2n) is 4.06. The lowest BCUT2D eigenvalue weighted by Gasteiger charge is -2.23. The first kappa shape index (κ1) is 14.1. The SMILES string of the molecule is CCN(Cc1ccc(C#N)cc1F)C(=O)[C@@H](C)N. The van der Waals surface area contributed by atoms with Crippen molar-refractivity contribution in [1.29, 1.82) is 5.26 Å². The summed E-state index contributed by atoms with van der Waals surface area (Å²) in [5.41, 5.74) is 6.16. The van der Waals surface area contributed by atoms with E-state index in [1.54, 1.807) is 6.92 Å². The van der Waals surface area contributed by atoms with Gasteiger partial charge >= 0.3 is 0 Å². The Hall–Kier alpha value is -1.93. The van der Waals surface area contributed by atoms with E-state index < -0.39 is 11.9 Å². The molecule has 1 atom stereocenters. The molecule has 0 heterocycles. The Bertz CT molecular complexity index is 480. The number of carbonyl (C=O) groups excluding carboxylic acids is 1. The molecule has 4 nitrogen and oxygen atoms in total. The van der Waals surface area contributed by atoms with E-state index in [0.29, 0.717) is 12.1 Å². The summed E-state index contributed by atoms with van der Waals surface area (Å²) in [7, 11) is 0. The van der Waals surface area contributed by atoms with Crippen molar-refractivity contribution in [1.82, 2.24) is 4.90 Å². The Morgan fingerprint density at radius 2 is 2.28 bits per heavy atom. The molecule has 0 radical (unpaired) electrons. The summed E-state index contributed by atoms with van der Waals surface area (Å²) in [6.45, 7) is 4.02. The summed E-state index contributed by atoms with van der Waals surface area (Å²) in [6, 6.07) is 5.47. The van der Waals surface area contributed by atoms with Crippen LogP contribution in [0.1, 0.15) is 25.0 Å². The lowest BCUT2D eigenvalue weighted by molar-refractivity contribution is -0.132. The number of rotatable bonds is 4. The van der Waals surface area contributed by atoms with Crippen molar-refractivity contribution in [2.45, 2.75) is 26.4 Å². The minimum atomic E-state index is -0.605. The van der Waals surface area contributed by atoms with Crippen LogP contribution in [0.4, 0.5) is 4.39 Å². The Labute approximate surface area is 106 Å². The van der Waals surface area contributed by atoms with Crippen LogP contribution in [0.15, 0.2) is 18.2 Å². The van der Waals surface area contributed by atoms with Crippen molar-refractivity contribution >= 4 is 5.91 Å². The smallest absolute Gasteiger partial charge is 0.239 e. The number of nitrogens with zero attached hydrogens (tertiary/aromatic N) is 2. The van der Waals surface area contributed by atoms with Crippen molar-refractivity contribution in [2.24, 2.45) is 5.73 Å². The molecule has 0 aliphatic carbocycles. The number of hydrogen-bond donors (Lipinski definition) is 1. The molecule has 0 saturated carbocycles. The first-order valence-electron chi connectivity index (χ1n) is 5.72. The van der Waals surface area contributed by atoms with E-state index in [0.717, 1.165) is 0 Å². The third-order valence-electron chi connectivity index (χ3n) is 2.63. The van der Waals surface area contributed by atoms with Gasteiger partial charge in [-0.1, -0.05) is 6.07 Å². The predicted octanol–water partition coefficient (Wildman–Crippen LogP) is 1.39. The molecule has 0 saturated heterocycles. The molecule has 1 rings (SSSR count). The quantitative estimate of drug-likeness (QED) is 0.876. The molecular formula is C13H16FN3O. The van der Waals surface area contributed by atoms with E-state index >= 15 is 0 Å². The molecule has 5 heteroatoms. The van der Waals surface area contributed by atoms with Crippen LogP contribution >= 0.6 is 0 Å². The number of benzene rings is 1. The van der Waals surface area contributed by atoms with Gasteiger partial charge in [-0.2, -0.15) is 5.26 Å². The van der Waals surface area contributed by atoms with Gasteiger partial charge in [0, 0.05) is 18.7 Å². The van der Waals surface area contributed by atoms with Gasteiger partial charge in [0.15, 0.2) is 0 Å². The van der Waals surface area contributed by atoms with Gasteiger partial charge in [0.05, 0.1) is 17.7 Å². The third-order valence-corrected chi connectivity index (χ3v) is 2.63. The lowest BCUT2D eigenvalue weighted by Crippen LogP contribution is -2.41. The first-order chi connectivity index (χ1) is 8.49. The monoisotopic (exact) mass is 249 g/mol. The Morgan fingerprint density at radius 1 is 1.61 bits per heavy atom. The van der Waals surface area contributed by atoms with Gasteiger partial charge in [0.2, 0.25) is 5.91 Å². The average molecular weight is 249 g/mol. The molecule has 0 fully saturated rings. The zero-order valence-corrected chi connectivity index (χ0v) is 10.5. The Morgan fingerprint density at radius 3 is 2.72 bits per heavy atom. The fourth-order valence-electron chi connectivity index (χ4n) is 1.58. The van der Waals surface area contributed by atoms with E-state index in [1.165, 1.54) is 23.1 Å². The van der Waals surface area contributed by atoms with Crippen LogP contribution in [0.5, 0.6) is 0 Å². The molecule has 0 aliphatic rings. The van der Waals surface area contributed by atoms with Gasteiger partial charge < -0.3 is 10.6 Å². The summed E-state index contributed by atoms with van der Waals surface area (Å²) in [5.74, 6) is -0.703. The molecule has 2 N–H and O–H groups in total. The van der Waals surface area contributed by atoms with Crippen LogP contribution in [0, 0.1) is 17.1 Å². The van der Waals surface area contributed by atoms with Gasteiger partial charge in [-0.05, 0) is 26.0 Å². The molecule has 1 amide bonds. The fraction of sp³-hybridized carbons (Fsp3) is 0.385. The number of hydrogen-bond acceptors (Lipinski definition) is 3. The minimum Gasteiger partial charge on any atom is -0.337 e. The average Bonchev–Trinajstić information content (AvgIpc) is 2.36. The minimum absolute atomic E-state index is 0.161. The highest BCUT2D eigenvalue weighted by Crippen LogP contribution is 2.13. The predicted molar refractivity (Wildman–Crippen MR) is 65.9 cm³/mol. The number of amides is 1. The highest BCUT2D eigenvalue weighted by Gasteiger charge is 2.17. The Kier molecular flexibility index (Phi) is 4.81. The van der Waals surface area contributed by atoms with Gasteiger partial charge in [-0.25, -0.2) is 4.39 Å². The molecule has 0 unspecified atom stereocenters. The molecule has 1 aromatic rings. The van der Waals surface area contributed by atoms with Gasteiger partial charge in [0.1, 0.15) is 5.82 Å². The van der Waals surface area contributed by atoms with Crippen LogP contribution in [0.25, 0.3) is 0 Å². The van der Waals surface area contributed by atoms with Crippen LogP contribution in [0.3, 0.4) is 0 Å². The van der Waals surface area contributed by atoms with Gasteiger partial charge in [0.25, 0.3) is 0 Å². The largest absolute Gasteiger partial charge is 0.337 e. The fourth-order valence-corrected chi connectivity index (χ4v) is 1.58. The third kappa shape index (κ3) is 3.28. The number of carbonyl (C=O) groups is 1. The van der Waals surface area contributed by atoms with Crippen molar-refractivity contribution in [2.75, 3.05) is 6.54 Å². The summed E-state index contributed by atoms with van der Waals surface area (Å²) in [4.78, 5) is 13.2. The van der Waals surface area contributed by atoms with Gasteiger partial charge in [-0.3, -0.25) is 4.79 Å². The maximum Gasteiger partial charge on any atom is 0.239 e. The lowest BCUT2D eigenvalue weighted by atomic mass is 10.1. The van der Waals surface area contributed by atoms with Crippen molar-refractivity contribution in [3.8, 4) is 6.07 Å². The van der Waals surface area contributed by atoms with Crippen molar-refractivity contribution < 1.29 is 9.18 Å². The molecule has 96 valence electrons. The van der Waals surface area contributed by atoms with E-state index in [2.05, 4.69) is 0 Å². The normalized spacial score (nSPS) is 11.7. The van der Waals surface area contributed by atoms with Crippen LogP contribution in [-0.2, 0) is 11.3 Å². The molecule has 0 aliphatic heterocycles. The van der Waals surface area contributed by atoms with Crippen molar-refractivity contribution in [3.05, 3.63) is 35.1 Å². The van der Waals surface area contributed by atoms with E-state index in [4.69, 9.17) is 11.0 Å². The zero-order valence-electron chi connectivity index (χ0n) is 10.5. The number of halogens is 1.